The number of rotatable bonds is 5. The van der Waals surface area contributed by atoms with Gasteiger partial charge in [0.1, 0.15) is 12.7 Å². The third-order valence-electron chi connectivity index (χ3n) is 3.93. The summed E-state index contributed by atoms with van der Waals surface area (Å²) in [5.74, 6) is -0.654. The van der Waals surface area contributed by atoms with E-state index >= 15 is 0 Å². The maximum absolute atomic E-state index is 11.4. The lowest BCUT2D eigenvalue weighted by Gasteiger charge is -2.39. The molecule has 0 spiro atoms. The maximum atomic E-state index is 11.4. The normalized spacial score (nSPS) is 25.2. The first-order valence-corrected chi connectivity index (χ1v) is 6.44. The zero-order valence-corrected chi connectivity index (χ0v) is 10.7. The van der Waals surface area contributed by atoms with Crippen molar-refractivity contribution in [1.82, 2.24) is 19.7 Å². The summed E-state index contributed by atoms with van der Waals surface area (Å²) in [6.07, 6.45) is 5.83. The number of aromatic nitrogens is 3. The monoisotopic (exact) mass is 252 g/mol. The highest BCUT2D eigenvalue weighted by atomic mass is 16.4. The summed E-state index contributed by atoms with van der Waals surface area (Å²) in [4.78, 5) is 13.7. The molecule has 0 bridgehead atoms. The van der Waals surface area contributed by atoms with Crippen LogP contribution in [0.4, 0.5) is 0 Å². The molecule has 1 saturated heterocycles. The molecule has 100 valence electrons. The van der Waals surface area contributed by atoms with E-state index in [0.717, 1.165) is 32.5 Å². The van der Waals surface area contributed by atoms with Crippen molar-refractivity contribution in [2.24, 2.45) is 5.41 Å². The van der Waals surface area contributed by atoms with E-state index < -0.39 is 11.4 Å². The van der Waals surface area contributed by atoms with E-state index in [2.05, 4.69) is 15.1 Å². The van der Waals surface area contributed by atoms with Crippen LogP contribution in [0.15, 0.2) is 12.7 Å². The minimum absolute atomic E-state index is 0.550. The van der Waals surface area contributed by atoms with Gasteiger partial charge in [0.05, 0.1) is 5.41 Å². The second kappa shape index (κ2) is 5.48. The number of nitrogens with zero attached hydrogens (tertiary/aromatic N) is 4. The van der Waals surface area contributed by atoms with Crippen LogP contribution in [0, 0.1) is 5.41 Å². The average Bonchev–Trinajstić information content (AvgIpc) is 2.89. The summed E-state index contributed by atoms with van der Waals surface area (Å²) in [6, 6.07) is 0. The first-order valence-electron chi connectivity index (χ1n) is 6.44. The van der Waals surface area contributed by atoms with Gasteiger partial charge in [0.15, 0.2) is 0 Å². The highest BCUT2D eigenvalue weighted by molar-refractivity contribution is 5.75. The third-order valence-corrected chi connectivity index (χ3v) is 3.93. The van der Waals surface area contributed by atoms with Crippen molar-refractivity contribution < 1.29 is 9.90 Å². The van der Waals surface area contributed by atoms with E-state index in [1.807, 2.05) is 11.5 Å². The number of carboxylic acid groups (broad SMARTS) is 1. The predicted octanol–water partition coefficient (Wildman–Crippen LogP) is 0.855. The van der Waals surface area contributed by atoms with Gasteiger partial charge in [-0.25, -0.2) is 0 Å². The SMILES string of the molecule is CC[C@@]1(C(=O)O)CCCN(CCn2cnnc2)C1. The van der Waals surface area contributed by atoms with Crippen molar-refractivity contribution in [3.8, 4) is 0 Å². The molecule has 1 aromatic heterocycles. The number of carboxylic acids is 1. The van der Waals surface area contributed by atoms with Crippen LogP contribution in [-0.4, -0.2) is 50.4 Å². The quantitative estimate of drug-likeness (QED) is 0.841. The average molecular weight is 252 g/mol. The summed E-state index contributed by atoms with van der Waals surface area (Å²) in [7, 11) is 0. The topological polar surface area (TPSA) is 71.2 Å². The molecule has 1 aromatic rings. The number of hydrogen-bond acceptors (Lipinski definition) is 4. The summed E-state index contributed by atoms with van der Waals surface area (Å²) in [6.45, 7) is 5.27. The van der Waals surface area contributed by atoms with Crippen LogP contribution in [0.5, 0.6) is 0 Å². The van der Waals surface area contributed by atoms with Gasteiger partial charge in [-0.2, -0.15) is 0 Å². The number of piperidine rings is 1. The molecule has 0 amide bonds. The molecule has 0 aromatic carbocycles. The van der Waals surface area contributed by atoms with Crippen LogP contribution < -0.4 is 0 Å². The van der Waals surface area contributed by atoms with Crippen molar-refractivity contribution >= 4 is 5.97 Å². The Balaban J connectivity index is 1.92. The second-order valence-electron chi connectivity index (χ2n) is 5.02. The van der Waals surface area contributed by atoms with E-state index in [4.69, 9.17) is 0 Å². The predicted molar refractivity (Wildman–Crippen MR) is 66.1 cm³/mol. The van der Waals surface area contributed by atoms with Crippen LogP contribution in [0.2, 0.25) is 0 Å². The number of aliphatic carboxylic acids is 1. The molecule has 1 aliphatic rings. The smallest absolute Gasteiger partial charge is 0.310 e. The minimum Gasteiger partial charge on any atom is -0.481 e. The Hall–Kier alpha value is -1.43. The Bertz CT molecular complexity index is 393. The van der Waals surface area contributed by atoms with Gasteiger partial charge in [0.25, 0.3) is 0 Å². The number of hydrogen-bond donors (Lipinski definition) is 1. The highest BCUT2D eigenvalue weighted by Gasteiger charge is 2.40. The van der Waals surface area contributed by atoms with Crippen molar-refractivity contribution in [3.63, 3.8) is 0 Å². The molecular weight excluding hydrogens is 232 g/mol. The highest BCUT2D eigenvalue weighted by Crippen LogP contribution is 2.33. The Morgan fingerprint density at radius 1 is 1.39 bits per heavy atom. The van der Waals surface area contributed by atoms with Crippen molar-refractivity contribution in [2.75, 3.05) is 19.6 Å². The molecule has 1 atom stereocenters. The van der Waals surface area contributed by atoms with Crippen LogP contribution >= 0.6 is 0 Å². The molecule has 1 aliphatic heterocycles. The molecule has 0 radical (unpaired) electrons. The molecular formula is C12H20N4O2. The first kappa shape index (κ1) is 13.0. The fourth-order valence-electron chi connectivity index (χ4n) is 2.63. The van der Waals surface area contributed by atoms with Gasteiger partial charge in [0, 0.05) is 19.6 Å². The molecule has 0 aliphatic carbocycles. The zero-order chi connectivity index (χ0) is 13.0. The molecule has 18 heavy (non-hydrogen) atoms. The van der Waals surface area contributed by atoms with Crippen LogP contribution in [0.25, 0.3) is 0 Å². The standard InChI is InChI=1S/C12H20N4O2/c1-2-12(11(17)18)4-3-5-15(8-12)6-7-16-9-13-14-10-16/h9-10H,2-8H2,1H3,(H,17,18)/t12-/m1/s1. The third kappa shape index (κ3) is 2.69. The molecule has 6 nitrogen and oxygen atoms in total. The van der Waals surface area contributed by atoms with Gasteiger partial charge in [-0.1, -0.05) is 6.92 Å². The lowest BCUT2D eigenvalue weighted by atomic mass is 9.77. The number of likely N-dealkylation sites (tertiary alicyclic amines) is 1. The Morgan fingerprint density at radius 3 is 2.72 bits per heavy atom. The van der Waals surface area contributed by atoms with Crippen molar-refractivity contribution in [3.05, 3.63) is 12.7 Å². The zero-order valence-electron chi connectivity index (χ0n) is 10.7. The molecule has 6 heteroatoms. The number of carbonyl (C=O) groups is 1. The van der Waals surface area contributed by atoms with E-state index in [1.165, 1.54) is 0 Å². The lowest BCUT2D eigenvalue weighted by Crippen LogP contribution is -2.48. The van der Waals surface area contributed by atoms with Crippen molar-refractivity contribution in [2.45, 2.75) is 32.7 Å². The summed E-state index contributed by atoms with van der Waals surface area (Å²) >= 11 is 0. The van der Waals surface area contributed by atoms with E-state index in [0.29, 0.717) is 13.0 Å². The minimum atomic E-state index is -0.654. The van der Waals surface area contributed by atoms with E-state index in [1.54, 1.807) is 12.7 Å². The van der Waals surface area contributed by atoms with Crippen LogP contribution in [0.1, 0.15) is 26.2 Å². The molecule has 0 unspecified atom stereocenters. The molecule has 1 fully saturated rings. The van der Waals surface area contributed by atoms with Gasteiger partial charge in [-0.05, 0) is 25.8 Å². The maximum Gasteiger partial charge on any atom is 0.310 e. The molecule has 0 saturated carbocycles. The van der Waals surface area contributed by atoms with Crippen molar-refractivity contribution in [1.29, 1.82) is 0 Å². The lowest BCUT2D eigenvalue weighted by molar-refractivity contribution is -0.152. The fraction of sp³-hybridized carbons (Fsp3) is 0.750. The van der Waals surface area contributed by atoms with Gasteiger partial charge in [0.2, 0.25) is 0 Å². The van der Waals surface area contributed by atoms with Gasteiger partial charge < -0.3 is 14.6 Å². The van der Waals surface area contributed by atoms with Gasteiger partial charge >= 0.3 is 5.97 Å². The molecule has 2 heterocycles. The largest absolute Gasteiger partial charge is 0.481 e. The van der Waals surface area contributed by atoms with Gasteiger partial charge in [-0.15, -0.1) is 10.2 Å². The first-order chi connectivity index (χ1) is 8.66. The summed E-state index contributed by atoms with van der Waals surface area (Å²) < 4.78 is 1.92. The fourth-order valence-corrected chi connectivity index (χ4v) is 2.63. The Labute approximate surface area is 107 Å². The summed E-state index contributed by atoms with van der Waals surface area (Å²) in [5.41, 5.74) is -0.550. The van der Waals surface area contributed by atoms with E-state index in [-0.39, 0.29) is 0 Å². The van der Waals surface area contributed by atoms with Gasteiger partial charge in [-0.3, -0.25) is 4.79 Å². The Morgan fingerprint density at radius 2 is 2.11 bits per heavy atom. The van der Waals surface area contributed by atoms with E-state index in [9.17, 15) is 9.90 Å². The van der Waals surface area contributed by atoms with Crippen LogP contribution in [0.3, 0.4) is 0 Å². The Kier molecular flexibility index (Phi) is 3.96. The van der Waals surface area contributed by atoms with Crippen LogP contribution in [-0.2, 0) is 11.3 Å². The molecule has 1 N–H and O–H groups in total. The summed E-state index contributed by atoms with van der Waals surface area (Å²) in [5, 5.41) is 16.9. The molecule has 2 rings (SSSR count). The second-order valence-corrected chi connectivity index (χ2v) is 5.02.